The van der Waals surface area contributed by atoms with Gasteiger partial charge in [-0.3, -0.25) is 0 Å². The van der Waals surface area contributed by atoms with Crippen LogP contribution in [0.5, 0.6) is 0 Å². The smallest absolute Gasteiger partial charge is 0.354 e. The summed E-state index contributed by atoms with van der Waals surface area (Å²) in [6.07, 6.45) is 1.68. The lowest BCUT2D eigenvalue weighted by atomic mass is 10.2. The molecule has 1 aromatic carbocycles. The first-order chi connectivity index (χ1) is 7.25. The van der Waals surface area contributed by atoms with E-state index in [-0.39, 0.29) is 12.1 Å². The fraction of sp³-hybridized carbons (Fsp3) is 0.250. The molecule has 1 aromatic rings. The number of rotatable bonds is 3. The summed E-state index contributed by atoms with van der Waals surface area (Å²) in [6, 6.07) is 9.94. The van der Waals surface area contributed by atoms with Gasteiger partial charge in [-0.05, 0) is 18.6 Å². The number of cyclic esters (lactones) is 1. The van der Waals surface area contributed by atoms with E-state index in [2.05, 4.69) is 5.32 Å². The van der Waals surface area contributed by atoms with Crippen molar-refractivity contribution in [3.63, 3.8) is 0 Å². The molecule has 0 saturated heterocycles. The second kappa shape index (κ2) is 4.17. The zero-order valence-electron chi connectivity index (χ0n) is 8.57. The zero-order valence-corrected chi connectivity index (χ0v) is 8.57. The van der Waals surface area contributed by atoms with Gasteiger partial charge in [0.05, 0.1) is 0 Å². The van der Waals surface area contributed by atoms with Crippen LogP contribution in [0.25, 0.3) is 0 Å². The van der Waals surface area contributed by atoms with Gasteiger partial charge >= 0.3 is 5.97 Å². The molecule has 0 bridgehead atoms. The van der Waals surface area contributed by atoms with E-state index in [0.717, 1.165) is 5.56 Å². The maximum Gasteiger partial charge on any atom is 0.354 e. The molecule has 0 spiro atoms. The minimum absolute atomic E-state index is 0.115. The first-order valence-electron chi connectivity index (χ1n) is 4.96. The summed E-state index contributed by atoms with van der Waals surface area (Å²) in [6.45, 7) is 2.49. The zero-order chi connectivity index (χ0) is 10.7. The molecule has 1 unspecified atom stereocenters. The van der Waals surface area contributed by atoms with E-state index < -0.39 is 0 Å². The van der Waals surface area contributed by atoms with Crippen LogP contribution in [0, 0.1) is 0 Å². The summed E-state index contributed by atoms with van der Waals surface area (Å²) in [4.78, 5) is 11.3. The predicted octanol–water partition coefficient (Wildman–Crippen LogP) is 1.61. The molecule has 1 atom stereocenters. The van der Waals surface area contributed by atoms with Crippen LogP contribution < -0.4 is 5.32 Å². The van der Waals surface area contributed by atoms with E-state index >= 15 is 0 Å². The molecular formula is C12H13NO2. The topological polar surface area (TPSA) is 38.3 Å². The Kier molecular flexibility index (Phi) is 2.72. The molecule has 0 fully saturated rings. The molecule has 1 N–H and O–H groups in total. The highest BCUT2D eigenvalue weighted by molar-refractivity contribution is 5.90. The Hall–Kier alpha value is -1.77. The van der Waals surface area contributed by atoms with Gasteiger partial charge in [-0.15, -0.1) is 0 Å². The van der Waals surface area contributed by atoms with E-state index in [0.29, 0.717) is 12.2 Å². The van der Waals surface area contributed by atoms with Crippen molar-refractivity contribution in [2.45, 2.75) is 19.6 Å². The molecule has 78 valence electrons. The Labute approximate surface area is 88.8 Å². The van der Waals surface area contributed by atoms with Gasteiger partial charge in [-0.25, -0.2) is 4.79 Å². The molecule has 0 saturated carbocycles. The van der Waals surface area contributed by atoms with E-state index in [1.807, 2.05) is 37.3 Å². The highest BCUT2D eigenvalue weighted by Crippen LogP contribution is 2.11. The molecule has 0 amide bonds. The second-order valence-corrected chi connectivity index (χ2v) is 3.53. The lowest BCUT2D eigenvalue weighted by Gasteiger charge is -2.04. The van der Waals surface area contributed by atoms with Gasteiger partial charge in [0.15, 0.2) is 0 Å². The summed E-state index contributed by atoms with van der Waals surface area (Å²) in [7, 11) is 0. The molecule has 3 nitrogen and oxygen atoms in total. The molecule has 0 aliphatic carbocycles. The lowest BCUT2D eigenvalue weighted by molar-refractivity contribution is -0.139. The Balaban J connectivity index is 1.94. The van der Waals surface area contributed by atoms with Crippen LogP contribution in [0.1, 0.15) is 12.5 Å². The van der Waals surface area contributed by atoms with Crippen LogP contribution in [0.15, 0.2) is 42.1 Å². The Morgan fingerprint density at radius 2 is 2.07 bits per heavy atom. The summed E-state index contributed by atoms with van der Waals surface area (Å²) in [5.74, 6) is -0.265. The van der Waals surface area contributed by atoms with Crippen LogP contribution >= 0.6 is 0 Å². The predicted molar refractivity (Wildman–Crippen MR) is 56.9 cm³/mol. The van der Waals surface area contributed by atoms with E-state index in [4.69, 9.17) is 4.74 Å². The molecule has 1 heterocycles. The number of hydrogen-bond donors (Lipinski definition) is 1. The Morgan fingerprint density at radius 3 is 2.67 bits per heavy atom. The first-order valence-corrected chi connectivity index (χ1v) is 4.96. The van der Waals surface area contributed by atoms with Gasteiger partial charge in [-0.2, -0.15) is 0 Å². The molecule has 1 aliphatic heterocycles. The monoisotopic (exact) mass is 203 g/mol. The fourth-order valence-corrected chi connectivity index (χ4v) is 1.49. The van der Waals surface area contributed by atoms with Crippen LogP contribution in [-0.4, -0.2) is 12.1 Å². The lowest BCUT2D eigenvalue weighted by Crippen LogP contribution is -2.17. The largest absolute Gasteiger partial charge is 0.454 e. The van der Waals surface area contributed by atoms with Crippen molar-refractivity contribution in [1.29, 1.82) is 0 Å². The van der Waals surface area contributed by atoms with Gasteiger partial charge in [0.1, 0.15) is 11.8 Å². The summed E-state index contributed by atoms with van der Waals surface area (Å²) in [5.41, 5.74) is 1.71. The molecule has 2 rings (SSSR count). The summed E-state index contributed by atoms with van der Waals surface area (Å²) < 4.78 is 4.97. The van der Waals surface area contributed by atoms with Crippen LogP contribution in [-0.2, 0) is 16.1 Å². The molecule has 0 radical (unpaired) electrons. The average Bonchev–Trinajstić information content (AvgIpc) is 2.56. The van der Waals surface area contributed by atoms with Crippen molar-refractivity contribution < 1.29 is 9.53 Å². The summed E-state index contributed by atoms with van der Waals surface area (Å²) >= 11 is 0. The van der Waals surface area contributed by atoms with Crippen LogP contribution in [0.4, 0.5) is 0 Å². The van der Waals surface area contributed by atoms with Crippen molar-refractivity contribution in [3.05, 3.63) is 47.7 Å². The Bertz CT molecular complexity index is 384. The summed E-state index contributed by atoms with van der Waals surface area (Å²) in [5, 5.41) is 3.06. The SMILES string of the molecule is CC1C=C(NCc2ccccc2)C(=O)O1. The number of benzene rings is 1. The average molecular weight is 203 g/mol. The molecule has 1 aliphatic rings. The minimum Gasteiger partial charge on any atom is -0.454 e. The van der Waals surface area contributed by atoms with Gasteiger partial charge < -0.3 is 10.1 Å². The minimum atomic E-state index is -0.265. The van der Waals surface area contributed by atoms with Crippen molar-refractivity contribution in [2.24, 2.45) is 0 Å². The molecule has 3 heteroatoms. The van der Waals surface area contributed by atoms with Crippen molar-refractivity contribution in [3.8, 4) is 0 Å². The quantitative estimate of drug-likeness (QED) is 0.758. The van der Waals surface area contributed by atoms with E-state index in [1.54, 1.807) is 6.08 Å². The molecule has 15 heavy (non-hydrogen) atoms. The third kappa shape index (κ3) is 2.37. The van der Waals surface area contributed by atoms with Crippen molar-refractivity contribution in [2.75, 3.05) is 0 Å². The Morgan fingerprint density at radius 1 is 1.33 bits per heavy atom. The normalized spacial score (nSPS) is 19.7. The maximum absolute atomic E-state index is 11.3. The highest BCUT2D eigenvalue weighted by Gasteiger charge is 2.21. The third-order valence-corrected chi connectivity index (χ3v) is 2.24. The number of ether oxygens (including phenoxy) is 1. The number of hydrogen-bond acceptors (Lipinski definition) is 3. The number of esters is 1. The van der Waals surface area contributed by atoms with Crippen LogP contribution in [0.3, 0.4) is 0 Å². The van der Waals surface area contributed by atoms with Crippen molar-refractivity contribution >= 4 is 5.97 Å². The van der Waals surface area contributed by atoms with Gasteiger partial charge in [0, 0.05) is 6.54 Å². The van der Waals surface area contributed by atoms with Gasteiger partial charge in [0.25, 0.3) is 0 Å². The first kappa shape index (κ1) is 9.77. The third-order valence-electron chi connectivity index (χ3n) is 2.24. The fourth-order valence-electron chi connectivity index (χ4n) is 1.49. The standard InChI is InChI=1S/C12H13NO2/c1-9-7-11(12(14)15-9)13-8-10-5-3-2-4-6-10/h2-7,9,13H,8H2,1H3. The number of carbonyl (C=O) groups excluding carboxylic acids is 1. The van der Waals surface area contributed by atoms with Gasteiger partial charge in [0.2, 0.25) is 0 Å². The number of nitrogens with one attached hydrogen (secondary N) is 1. The number of carbonyl (C=O) groups is 1. The molecular weight excluding hydrogens is 190 g/mol. The van der Waals surface area contributed by atoms with Gasteiger partial charge in [-0.1, -0.05) is 30.3 Å². The van der Waals surface area contributed by atoms with Crippen LogP contribution in [0.2, 0.25) is 0 Å². The van der Waals surface area contributed by atoms with Crippen molar-refractivity contribution in [1.82, 2.24) is 5.32 Å². The second-order valence-electron chi connectivity index (χ2n) is 3.53. The molecule has 0 aromatic heterocycles. The highest BCUT2D eigenvalue weighted by atomic mass is 16.5. The maximum atomic E-state index is 11.3. The van der Waals surface area contributed by atoms with E-state index in [1.165, 1.54) is 0 Å². The van der Waals surface area contributed by atoms with E-state index in [9.17, 15) is 4.79 Å².